The Kier molecular flexibility index (Phi) is 8.51. The largest absolute Gasteiger partial charge is 0.506 e. The standard InChI is InChI=1S/C27H26F5NO9/c1-9-13(40-26-22(36)21(35)24(38-5)27(3,4)42-26)7-6-11-20(34)14(25(37)41-23(9)11)10(2)33-39-8-12-15(28)17(30)19(32)18(31)16(12)29/h6-7,21-22,24,26,34-36H,8H2,1-5H3/b33-10-/t21-,22+,24+,26+/m0/s1. The second-order valence-electron chi connectivity index (χ2n) is 10.0. The van der Waals surface area contributed by atoms with Gasteiger partial charge in [0.15, 0.2) is 23.3 Å². The highest BCUT2D eigenvalue weighted by atomic mass is 19.2. The molecule has 3 N–H and O–H groups in total. The van der Waals surface area contributed by atoms with Gasteiger partial charge in [-0.1, -0.05) is 5.16 Å². The number of aromatic hydroxyl groups is 1. The van der Waals surface area contributed by atoms with Crippen molar-refractivity contribution in [2.24, 2.45) is 5.16 Å². The van der Waals surface area contributed by atoms with Crippen LogP contribution in [0.1, 0.15) is 37.5 Å². The van der Waals surface area contributed by atoms with Gasteiger partial charge in [-0.15, -0.1) is 0 Å². The number of aliphatic hydroxyl groups excluding tert-OH is 2. The molecule has 4 atom stereocenters. The summed E-state index contributed by atoms with van der Waals surface area (Å²) in [5, 5.41) is 35.3. The third kappa shape index (κ3) is 5.28. The summed E-state index contributed by atoms with van der Waals surface area (Å²) >= 11 is 0. The Hall–Kier alpha value is -3.79. The number of fused-ring (bicyclic) bond motifs is 1. The van der Waals surface area contributed by atoms with E-state index in [1.54, 1.807) is 13.8 Å². The molecule has 2 aromatic carbocycles. The monoisotopic (exact) mass is 603 g/mol. The van der Waals surface area contributed by atoms with E-state index in [2.05, 4.69) is 5.16 Å². The van der Waals surface area contributed by atoms with E-state index in [1.165, 1.54) is 33.1 Å². The third-order valence-corrected chi connectivity index (χ3v) is 6.86. The molecule has 3 aromatic rings. The van der Waals surface area contributed by atoms with Crippen LogP contribution in [0, 0.1) is 36.0 Å². The SMILES string of the molecule is CO[C@@H]1[C@@H](O)[C@@H](O)[C@H](Oc2ccc3c(O)c(/C(C)=N\OCc4c(F)c(F)c(F)c(F)c4F)c(=O)oc3c2C)OC1(C)C. The van der Waals surface area contributed by atoms with Crippen LogP contribution >= 0.6 is 0 Å². The summed E-state index contributed by atoms with van der Waals surface area (Å²) in [7, 11) is 1.36. The van der Waals surface area contributed by atoms with E-state index in [0.29, 0.717) is 0 Å². The van der Waals surface area contributed by atoms with Crippen molar-refractivity contribution in [1.29, 1.82) is 0 Å². The van der Waals surface area contributed by atoms with Gasteiger partial charge in [-0.2, -0.15) is 0 Å². The molecule has 228 valence electrons. The van der Waals surface area contributed by atoms with E-state index < -0.39 is 88.4 Å². The molecule has 10 nitrogen and oxygen atoms in total. The van der Waals surface area contributed by atoms with Crippen LogP contribution in [0.5, 0.6) is 11.5 Å². The lowest BCUT2D eigenvalue weighted by molar-refractivity contribution is -0.306. The minimum Gasteiger partial charge on any atom is -0.506 e. The molecule has 0 radical (unpaired) electrons. The van der Waals surface area contributed by atoms with Crippen LogP contribution in [-0.4, -0.2) is 58.3 Å². The van der Waals surface area contributed by atoms with Gasteiger partial charge >= 0.3 is 5.63 Å². The lowest BCUT2D eigenvalue weighted by Gasteiger charge is -2.46. The van der Waals surface area contributed by atoms with E-state index in [4.69, 9.17) is 23.5 Å². The fraction of sp³-hybridized carbons (Fsp3) is 0.407. The number of hydrogen-bond acceptors (Lipinski definition) is 10. The predicted molar refractivity (Wildman–Crippen MR) is 135 cm³/mol. The first-order chi connectivity index (χ1) is 19.6. The number of aryl methyl sites for hydroxylation is 1. The maximum Gasteiger partial charge on any atom is 0.349 e. The number of ether oxygens (including phenoxy) is 3. The minimum absolute atomic E-state index is 0.00804. The van der Waals surface area contributed by atoms with E-state index in [-0.39, 0.29) is 28.0 Å². The summed E-state index contributed by atoms with van der Waals surface area (Å²) in [6.45, 7) is 4.74. The molecule has 15 heteroatoms. The van der Waals surface area contributed by atoms with Gasteiger partial charge in [0.1, 0.15) is 47.6 Å². The number of hydrogen-bond donors (Lipinski definition) is 3. The summed E-state index contributed by atoms with van der Waals surface area (Å²) in [6, 6.07) is 2.70. The lowest BCUT2D eigenvalue weighted by Crippen LogP contribution is -2.63. The summed E-state index contributed by atoms with van der Waals surface area (Å²) in [5.41, 5.74) is -4.22. The van der Waals surface area contributed by atoms with Gasteiger partial charge in [-0.25, -0.2) is 26.7 Å². The second kappa shape index (κ2) is 11.5. The normalized spacial score (nSPS) is 22.4. The maximum absolute atomic E-state index is 13.9. The Morgan fingerprint density at radius 3 is 2.21 bits per heavy atom. The van der Waals surface area contributed by atoms with E-state index in [9.17, 15) is 42.1 Å². The minimum atomic E-state index is -2.33. The number of benzene rings is 2. The van der Waals surface area contributed by atoms with E-state index in [1.807, 2.05) is 0 Å². The zero-order valence-corrected chi connectivity index (χ0v) is 22.8. The highest BCUT2D eigenvalue weighted by Gasteiger charge is 2.50. The van der Waals surface area contributed by atoms with Crippen LogP contribution in [0.4, 0.5) is 22.0 Å². The molecule has 0 aliphatic carbocycles. The predicted octanol–water partition coefficient (Wildman–Crippen LogP) is 3.69. The van der Waals surface area contributed by atoms with Gasteiger partial charge < -0.3 is 38.8 Å². The fourth-order valence-electron chi connectivity index (χ4n) is 4.66. The second-order valence-corrected chi connectivity index (χ2v) is 10.0. The average molecular weight is 603 g/mol. The van der Waals surface area contributed by atoms with Crippen LogP contribution in [0.25, 0.3) is 11.0 Å². The first-order valence-corrected chi connectivity index (χ1v) is 12.3. The molecule has 0 spiro atoms. The molecule has 0 unspecified atom stereocenters. The molecule has 0 saturated carbocycles. The first-order valence-electron chi connectivity index (χ1n) is 12.3. The van der Waals surface area contributed by atoms with Crippen molar-refractivity contribution in [3.05, 3.63) is 68.3 Å². The molecule has 1 aromatic heterocycles. The molecule has 1 fully saturated rings. The Labute approximate surface area is 234 Å². The molecule has 42 heavy (non-hydrogen) atoms. The Morgan fingerprint density at radius 1 is 1.02 bits per heavy atom. The number of methoxy groups -OCH3 is 1. The molecule has 1 saturated heterocycles. The Morgan fingerprint density at radius 2 is 1.62 bits per heavy atom. The van der Waals surface area contributed by atoms with Gasteiger partial charge in [-0.05, 0) is 39.8 Å². The Balaban J connectivity index is 1.62. The van der Waals surface area contributed by atoms with Crippen molar-refractivity contribution in [2.45, 2.75) is 64.5 Å². The van der Waals surface area contributed by atoms with E-state index in [0.717, 1.165) is 0 Å². The summed E-state index contributed by atoms with van der Waals surface area (Å²) in [6.07, 6.45) is -5.07. The van der Waals surface area contributed by atoms with Crippen molar-refractivity contribution >= 4 is 16.7 Å². The topological polar surface area (TPSA) is 140 Å². The van der Waals surface area contributed by atoms with Crippen molar-refractivity contribution < 1.29 is 60.7 Å². The molecule has 2 heterocycles. The van der Waals surface area contributed by atoms with Crippen molar-refractivity contribution in [2.75, 3.05) is 7.11 Å². The highest BCUT2D eigenvalue weighted by molar-refractivity contribution is 6.04. The number of halogens is 5. The maximum atomic E-state index is 13.9. The highest BCUT2D eigenvalue weighted by Crippen LogP contribution is 2.37. The lowest BCUT2D eigenvalue weighted by atomic mass is 9.89. The molecule has 4 rings (SSSR count). The Bertz CT molecular complexity index is 1600. The van der Waals surface area contributed by atoms with Gasteiger partial charge in [-0.3, -0.25) is 0 Å². The zero-order valence-electron chi connectivity index (χ0n) is 22.8. The number of aliphatic hydroxyl groups is 2. The van der Waals surface area contributed by atoms with Gasteiger partial charge in [0.25, 0.3) is 0 Å². The van der Waals surface area contributed by atoms with Crippen LogP contribution in [0.15, 0.2) is 26.5 Å². The molecule has 1 aliphatic rings. The summed E-state index contributed by atoms with van der Waals surface area (Å²) < 4.78 is 90.0. The quantitative estimate of drug-likeness (QED) is 0.0921. The average Bonchev–Trinajstić information content (AvgIpc) is 2.93. The third-order valence-electron chi connectivity index (χ3n) is 6.86. The van der Waals surface area contributed by atoms with Crippen LogP contribution in [0.3, 0.4) is 0 Å². The number of rotatable bonds is 7. The zero-order chi connectivity index (χ0) is 31.3. The van der Waals surface area contributed by atoms with Crippen molar-refractivity contribution in [3.63, 3.8) is 0 Å². The van der Waals surface area contributed by atoms with Crippen molar-refractivity contribution in [1.82, 2.24) is 0 Å². The summed E-state index contributed by atoms with van der Waals surface area (Å²) in [4.78, 5) is 17.5. The molecular formula is C27H26F5NO9. The first kappa shape index (κ1) is 31.2. The van der Waals surface area contributed by atoms with Gasteiger partial charge in [0, 0.05) is 12.7 Å². The van der Waals surface area contributed by atoms with Crippen LogP contribution in [0.2, 0.25) is 0 Å². The molecule has 1 aliphatic heterocycles. The molecule has 0 amide bonds. The number of oxime groups is 1. The molecular weight excluding hydrogens is 577 g/mol. The smallest absolute Gasteiger partial charge is 0.349 e. The van der Waals surface area contributed by atoms with Crippen LogP contribution < -0.4 is 10.4 Å². The van der Waals surface area contributed by atoms with Gasteiger partial charge in [0.05, 0.1) is 22.3 Å². The van der Waals surface area contributed by atoms with Crippen molar-refractivity contribution in [3.8, 4) is 11.5 Å². The van der Waals surface area contributed by atoms with Crippen LogP contribution in [-0.2, 0) is 20.9 Å². The number of nitrogens with zero attached hydrogens (tertiary/aromatic N) is 1. The fourth-order valence-corrected chi connectivity index (χ4v) is 4.66. The summed E-state index contributed by atoms with van der Waals surface area (Å²) in [5.74, 6) is -11.4. The molecule has 0 bridgehead atoms. The van der Waals surface area contributed by atoms with E-state index >= 15 is 0 Å². The van der Waals surface area contributed by atoms with Gasteiger partial charge in [0.2, 0.25) is 12.1 Å².